The van der Waals surface area contributed by atoms with Crippen LogP contribution in [0.25, 0.3) is 0 Å². The van der Waals surface area contributed by atoms with Crippen molar-refractivity contribution in [2.75, 3.05) is 26.2 Å². The third kappa shape index (κ3) is 4.95. The van der Waals surface area contributed by atoms with Gasteiger partial charge in [0, 0.05) is 38.1 Å². The van der Waals surface area contributed by atoms with E-state index in [0.29, 0.717) is 17.9 Å². The molecule has 8 heteroatoms. The van der Waals surface area contributed by atoms with Crippen LogP contribution in [0.1, 0.15) is 20.3 Å². The lowest BCUT2D eigenvalue weighted by molar-refractivity contribution is -0.192. The molecule has 0 bridgehead atoms. The van der Waals surface area contributed by atoms with E-state index in [9.17, 15) is 18.0 Å². The van der Waals surface area contributed by atoms with Crippen LogP contribution in [-0.4, -0.2) is 65.2 Å². The minimum atomic E-state index is -5.08. The molecule has 1 N–H and O–H groups in total. The van der Waals surface area contributed by atoms with E-state index in [-0.39, 0.29) is 5.92 Å². The van der Waals surface area contributed by atoms with E-state index in [1.165, 1.54) is 6.42 Å². The number of hydrogen-bond acceptors (Lipinski definition) is 3. The summed E-state index contributed by atoms with van der Waals surface area (Å²) in [6.45, 7) is 11.9. The SMILES string of the molecule is C=CCN1C[C@@H]2CN(C(C)CC)C[C@@H]2C1=O.O=C(O)C(F)(F)F. The highest BCUT2D eigenvalue weighted by atomic mass is 19.4. The summed E-state index contributed by atoms with van der Waals surface area (Å²) in [5.41, 5.74) is 0. The van der Waals surface area contributed by atoms with Crippen molar-refractivity contribution in [3.63, 3.8) is 0 Å². The highest BCUT2D eigenvalue weighted by Crippen LogP contribution is 2.33. The molecule has 2 rings (SSSR count). The lowest BCUT2D eigenvalue weighted by Crippen LogP contribution is -2.36. The van der Waals surface area contributed by atoms with E-state index >= 15 is 0 Å². The highest BCUT2D eigenvalue weighted by Gasteiger charge is 2.46. The third-order valence-electron chi connectivity index (χ3n) is 4.36. The van der Waals surface area contributed by atoms with Gasteiger partial charge in [0.25, 0.3) is 0 Å². The first kappa shape index (κ1) is 19.5. The van der Waals surface area contributed by atoms with Crippen LogP contribution in [0.15, 0.2) is 12.7 Å². The van der Waals surface area contributed by atoms with Crippen LogP contribution in [0, 0.1) is 11.8 Å². The van der Waals surface area contributed by atoms with E-state index in [2.05, 4.69) is 25.3 Å². The van der Waals surface area contributed by atoms with Crippen LogP contribution in [-0.2, 0) is 9.59 Å². The molecule has 0 aromatic carbocycles. The molecular weight excluding hydrogens is 313 g/mol. The van der Waals surface area contributed by atoms with Gasteiger partial charge >= 0.3 is 12.1 Å². The fraction of sp³-hybridized carbons (Fsp3) is 0.733. The molecule has 1 amide bonds. The second-order valence-electron chi connectivity index (χ2n) is 5.91. The summed E-state index contributed by atoms with van der Waals surface area (Å²) in [6.07, 6.45) is -2.09. The molecule has 2 aliphatic rings. The molecule has 2 fully saturated rings. The fourth-order valence-corrected chi connectivity index (χ4v) is 2.92. The van der Waals surface area contributed by atoms with Gasteiger partial charge in [0.15, 0.2) is 0 Å². The third-order valence-corrected chi connectivity index (χ3v) is 4.36. The van der Waals surface area contributed by atoms with Gasteiger partial charge in [-0.25, -0.2) is 4.79 Å². The molecule has 1 unspecified atom stereocenters. The minimum absolute atomic E-state index is 0.258. The Labute approximate surface area is 133 Å². The van der Waals surface area contributed by atoms with Crippen molar-refractivity contribution >= 4 is 11.9 Å². The molecule has 23 heavy (non-hydrogen) atoms. The van der Waals surface area contributed by atoms with Crippen LogP contribution in [0.4, 0.5) is 13.2 Å². The van der Waals surface area contributed by atoms with Crippen LogP contribution in [0.5, 0.6) is 0 Å². The van der Waals surface area contributed by atoms with Crippen molar-refractivity contribution in [2.45, 2.75) is 32.5 Å². The number of halogens is 3. The minimum Gasteiger partial charge on any atom is -0.475 e. The van der Waals surface area contributed by atoms with E-state index in [1.807, 2.05) is 11.0 Å². The smallest absolute Gasteiger partial charge is 0.475 e. The van der Waals surface area contributed by atoms with Gasteiger partial charge in [0.05, 0.1) is 5.92 Å². The van der Waals surface area contributed by atoms with Crippen molar-refractivity contribution < 1.29 is 27.9 Å². The lowest BCUT2D eigenvalue weighted by Gasteiger charge is -2.25. The maximum absolute atomic E-state index is 12.1. The zero-order chi connectivity index (χ0) is 17.8. The van der Waals surface area contributed by atoms with Gasteiger partial charge in [-0.1, -0.05) is 13.0 Å². The number of aliphatic carboxylic acids is 1. The Hall–Kier alpha value is -1.57. The zero-order valence-corrected chi connectivity index (χ0v) is 13.3. The second kappa shape index (κ2) is 7.81. The molecule has 3 atom stereocenters. The summed E-state index contributed by atoms with van der Waals surface area (Å²) in [6, 6.07) is 0.617. The largest absolute Gasteiger partial charge is 0.490 e. The van der Waals surface area contributed by atoms with Crippen molar-refractivity contribution in [3.05, 3.63) is 12.7 Å². The topological polar surface area (TPSA) is 60.9 Å². The van der Waals surface area contributed by atoms with Crippen molar-refractivity contribution in [3.8, 4) is 0 Å². The number of alkyl halides is 3. The number of carboxylic acids is 1. The van der Waals surface area contributed by atoms with Crippen molar-refractivity contribution in [1.29, 1.82) is 0 Å². The van der Waals surface area contributed by atoms with Gasteiger partial charge in [-0.05, 0) is 13.3 Å². The van der Waals surface area contributed by atoms with E-state index in [1.54, 1.807) is 0 Å². The number of carbonyl (C=O) groups excluding carboxylic acids is 1. The molecule has 0 spiro atoms. The van der Waals surface area contributed by atoms with Crippen molar-refractivity contribution in [1.82, 2.24) is 9.80 Å². The normalized spacial score (nSPS) is 25.6. The van der Waals surface area contributed by atoms with Crippen LogP contribution < -0.4 is 0 Å². The summed E-state index contributed by atoms with van der Waals surface area (Å²) in [5, 5.41) is 7.12. The van der Waals surface area contributed by atoms with Crippen molar-refractivity contribution in [2.24, 2.45) is 11.8 Å². The molecular formula is C15H23F3N2O3. The Kier molecular flexibility index (Phi) is 6.61. The summed E-state index contributed by atoms with van der Waals surface area (Å²) in [5.74, 6) is -1.60. The maximum Gasteiger partial charge on any atom is 0.490 e. The van der Waals surface area contributed by atoms with E-state index in [4.69, 9.17) is 9.90 Å². The number of carboxylic acid groups (broad SMARTS) is 1. The first-order valence-electron chi connectivity index (χ1n) is 7.55. The Morgan fingerprint density at radius 1 is 1.43 bits per heavy atom. The zero-order valence-electron chi connectivity index (χ0n) is 13.3. The average molecular weight is 336 g/mol. The molecule has 0 aromatic heterocycles. The van der Waals surface area contributed by atoms with Gasteiger partial charge in [-0.3, -0.25) is 9.69 Å². The lowest BCUT2D eigenvalue weighted by atomic mass is 10.0. The predicted octanol–water partition coefficient (Wildman–Crippen LogP) is 1.99. The number of fused-ring (bicyclic) bond motifs is 1. The van der Waals surface area contributed by atoms with Gasteiger partial charge in [-0.2, -0.15) is 13.2 Å². The van der Waals surface area contributed by atoms with Crippen LogP contribution in [0.2, 0.25) is 0 Å². The summed E-state index contributed by atoms with van der Waals surface area (Å²) in [7, 11) is 0. The second-order valence-corrected chi connectivity index (χ2v) is 5.91. The van der Waals surface area contributed by atoms with Gasteiger partial charge in [0.2, 0.25) is 5.91 Å². The Morgan fingerprint density at radius 2 is 2.00 bits per heavy atom. The van der Waals surface area contributed by atoms with E-state index < -0.39 is 12.1 Å². The standard InChI is InChI=1S/C13H22N2O.C2HF3O2/c1-4-6-14-7-11-8-15(10(3)5-2)9-12(11)13(14)16;3-2(4,5)1(6)7/h4,10-12H,1,5-9H2,2-3H3;(H,6,7)/t10?,11-,12+;/m1./s1. The monoisotopic (exact) mass is 336 g/mol. The Balaban J connectivity index is 0.000000322. The van der Waals surface area contributed by atoms with Gasteiger partial charge < -0.3 is 10.0 Å². The number of hydrogen-bond donors (Lipinski definition) is 1. The molecule has 0 saturated carbocycles. The van der Waals surface area contributed by atoms with E-state index in [0.717, 1.165) is 26.2 Å². The predicted molar refractivity (Wildman–Crippen MR) is 78.8 cm³/mol. The first-order valence-corrected chi connectivity index (χ1v) is 7.55. The molecule has 5 nitrogen and oxygen atoms in total. The number of rotatable bonds is 4. The molecule has 0 aliphatic carbocycles. The van der Waals surface area contributed by atoms with Gasteiger partial charge in [-0.15, -0.1) is 6.58 Å². The summed E-state index contributed by atoms with van der Waals surface area (Å²) in [4.78, 5) is 25.4. The van der Waals surface area contributed by atoms with Crippen LogP contribution >= 0.6 is 0 Å². The average Bonchev–Trinajstić information content (AvgIpc) is 2.99. The Bertz CT molecular complexity index is 454. The van der Waals surface area contributed by atoms with Crippen LogP contribution in [0.3, 0.4) is 0 Å². The molecule has 132 valence electrons. The van der Waals surface area contributed by atoms with Gasteiger partial charge in [0.1, 0.15) is 0 Å². The summed E-state index contributed by atoms with van der Waals surface area (Å²) < 4.78 is 31.7. The Morgan fingerprint density at radius 3 is 2.39 bits per heavy atom. The summed E-state index contributed by atoms with van der Waals surface area (Å²) >= 11 is 0. The number of likely N-dealkylation sites (tertiary alicyclic amines) is 2. The molecule has 2 heterocycles. The number of nitrogens with zero attached hydrogens (tertiary/aromatic N) is 2. The number of amides is 1. The highest BCUT2D eigenvalue weighted by molar-refractivity contribution is 5.82. The quantitative estimate of drug-likeness (QED) is 0.798. The molecule has 0 aromatic rings. The first-order chi connectivity index (χ1) is 10.6. The molecule has 0 radical (unpaired) electrons. The number of carbonyl (C=O) groups is 2. The molecule has 2 saturated heterocycles. The fourth-order valence-electron chi connectivity index (χ4n) is 2.92. The molecule has 2 aliphatic heterocycles. The maximum atomic E-state index is 12.1.